The minimum absolute atomic E-state index is 0.0826. The number of hydrogen-bond acceptors (Lipinski definition) is 2. The Morgan fingerprint density at radius 1 is 1.12 bits per heavy atom. The van der Waals surface area contributed by atoms with Gasteiger partial charge >= 0.3 is 0 Å². The third kappa shape index (κ3) is 2.78. The molecule has 1 aliphatic heterocycles. The first kappa shape index (κ1) is 12.4. The lowest BCUT2D eigenvalue weighted by Crippen LogP contribution is -2.44. The van der Waals surface area contributed by atoms with Crippen molar-refractivity contribution in [2.45, 2.75) is 19.8 Å². The number of nitrogens with zero attached hydrogens (tertiary/aromatic N) is 2. The van der Waals surface area contributed by atoms with Crippen LogP contribution in [0.1, 0.15) is 25.3 Å². The molecule has 94 valence electrons. The minimum atomic E-state index is -0.0826. The van der Waals surface area contributed by atoms with E-state index >= 15 is 0 Å². The van der Waals surface area contributed by atoms with Gasteiger partial charge < -0.3 is 9.80 Å². The Bertz CT molecular complexity index is 382. The van der Waals surface area contributed by atoms with Crippen LogP contribution in [0.3, 0.4) is 0 Å². The lowest BCUT2D eigenvalue weighted by molar-refractivity contribution is 0.311. The zero-order chi connectivity index (χ0) is 12.4. The van der Waals surface area contributed by atoms with E-state index in [9.17, 15) is 4.39 Å². The Labute approximate surface area is 103 Å². The molecular formula is C14H21FN2. The summed E-state index contributed by atoms with van der Waals surface area (Å²) in [6, 6.07) is 5.65. The van der Waals surface area contributed by atoms with Crippen LogP contribution < -0.4 is 4.90 Å². The molecule has 0 spiro atoms. The summed E-state index contributed by atoms with van der Waals surface area (Å²) in [7, 11) is 2.11. The normalized spacial score (nSPS) is 17.8. The van der Waals surface area contributed by atoms with Gasteiger partial charge in [-0.1, -0.05) is 19.9 Å². The average Bonchev–Trinajstić information content (AvgIpc) is 2.30. The van der Waals surface area contributed by atoms with Crippen molar-refractivity contribution in [2.24, 2.45) is 0 Å². The summed E-state index contributed by atoms with van der Waals surface area (Å²) in [5, 5.41) is 0. The van der Waals surface area contributed by atoms with Gasteiger partial charge in [0.25, 0.3) is 0 Å². The van der Waals surface area contributed by atoms with E-state index in [1.165, 1.54) is 0 Å². The van der Waals surface area contributed by atoms with E-state index in [1.54, 1.807) is 6.07 Å². The third-order valence-corrected chi connectivity index (χ3v) is 3.48. The smallest absolute Gasteiger partial charge is 0.146 e. The van der Waals surface area contributed by atoms with Crippen molar-refractivity contribution < 1.29 is 4.39 Å². The molecule has 1 fully saturated rings. The van der Waals surface area contributed by atoms with E-state index in [0.29, 0.717) is 5.92 Å². The molecule has 2 nitrogen and oxygen atoms in total. The highest BCUT2D eigenvalue weighted by Gasteiger charge is 2.17. The fourth-order valence-electron chi connectivity index (χ4n) is 2.19. The number of likely N-dealkylation sites (N-methyl/N-ethyl adjacent to an activating group) is 1. The van der Waals surface area contributed by atoms with E-state index in [0.717, 1.165) is 37.4 Å². The Hall–Kier alpha value is -1.09. The molecule has 0 saturated carbocycles. The third-order valence-electron chi connectivity index (χ3n) is 3.48. The summed E-state index contributed by atoms with van der Waals surface area (Å²) >= 11 is 0. The first-order chi connectivity index (χ1) is 8.08. The number of anilines is 1. The summed E-state index contributed by atoms with van der Waals surface area (Å²) in [6.45, 7) is 8.01. The molecule has 0 aliphatic carbocycles. The fraction of sp³-hybridized carbons (Fsp3) is 0.571. The maximum atomic E-state index is 14.0. The van der Waals surface area contributed by atoms with Gasteiger partial charge in [0.1, 0.15) is 5.82 Å². The van der Waals surface area contributed by atoms with Crippen molar-refractivity contribution in [2.75, 3.05) is 38.1 Å². The Kier molecular flexibility index (Phi) is 3.67. The molecule has 0 radical (unpaired) electrons. The SMILES string of the molecule is CC(C)c1ccc(N2CCN(C)CC2)c(F)c1. The van der Waals surface area contributed by atoms with Crippen LogP contribution in [0.2, 0.25) is 0 Å². The van der Waals surface area contributed by atoms with Crippen LogP contribution in [0, 0.1) is 5.82 Å². The maximum absolute atomic E-state index is 14.0. The molecule has 0 atom stereocenters. The largest absolute Gasteiger partial charge is 0.367 e. The topological polar surface area (TPSA) is 6.48 Å². The molecule has 1 aromatic rings. The van der Waals surface area contributed by atoms with Crippen LogP contribution in [0.4, 0.5) is 10.1 Å². The average molecular weight is 236 g/mol. The predicted octanol–water partition coefficient (Wildman–Crippen LogP) is 2.70. The minimum Gasteiger partial charge on any atom is -0.367 e. The summed E-state index contributed by atoms with van der Waals surface area (Å²) < 4.78 is 14.0. The molecule has 1 aliphatic rings. The zero-order valence-corrected chi connectivity index (χ0v) is 10.9. The highest BCUT2D eigenvalue weighted by molar-refractivity contribution is 5.50. The number of hydrogen-bond donors (Lipinski definition) is 0. The van der Waals surface area contributed by atoms with Crippen molar-refractivity contribution >= 4 is 5.69 Å². The lowest BCUT2D eigenvalue weighted by atomic mass is 10.0. The highest BCUT2D eigenvalue weighted by atomic mass is 19.1. The van der Waals surface area contributed by atoms with Crippen LogP contribution in [0.25, 0.3) is 0 Å². The molecule has 1 saturated heterocycles. The summed E-state index contributed by atoms with van der Waals surface area (Å²) in [5.74, 6) is 0.298. The molecule has 17 heavy (non-hydrogen) atoms. The van der Waals surface area contributed by atoms with Gasteiger partial charge in [0.05, 0.1) is 5.69 Å². The Balaban J connectivity index is 2.16. The number of rotatable bonds is 2. The van der Waals surface area contributed by atoms with Crippen LogP contribution in [0.5, 0.6) is 0 Å². The van der Waals surface area contributed by atoms with E-state index in [4.69, 9.17) is 0 Å². The lowest BCUT2D eigenvalue weighted by Gasteiger charge is -2.34. The molecule has 3 heteroatoms. The van der Waals surface area contributed by atoms with Crippen LogP contribution in [-0.4, -0.2) is 38.1 Å². The molecule has 0 amide bonds. The van der Waals surface area contributed by atoms with E-state index < -0.39 is 0 Å². The zero-order valence-electron chi connectivity index (χ0n) is 10.9. The van der Waals surface area contributed by atoms with Crippen molar-refractivity contribution in [3.8, 4) is 0 Å². The monoisotopic (exact) mass is 236 g/mol. The summed E-state index contributed by atoms with van der Waals surface area (Å²) in [4.78, 5) is 4.41. The first-order valence-corrected chi connectivity index (χ1v) is 6.31. The van der Waals surface area contributed by atoms with Gasteiger partial charge in [0.2, 0.25) is 0 Å². The molecule has 1 heterocycles. The van der Waals surface area contributed by atoms with Crippen molar-refractivity contribution in [1.29, 1.82) is 0 Å². The van der Waals surface area contributed by atoms with Crippen molar-refractivity contribution in [3.05, 3.63) is 29.6 Å². The molecular weight excluding hydrogens is 215 g/mol. The standard InChI is InChI=1S/C14H21FN2/c1-11(2)12-4-5-14(13(15)10-12)17-8-6-16(3)7-9-17/h4-5,10-11H,6-9H2,1-3H3. The van der Waals surface area contributed by atoms with E-state index in [1.807, 2.05) is 12.1 Å². The molecule has 0 bridgehead atoms. The summed E-state index contributed by atoms with van der Waals surface area (Å²) in [6.07, 6.45) is 0. The van der Waals surface area contributed by atoms with Gasteiger partial charge in [-0.3, -0.25) is 0 Å². The highest BCUT2D eigenvalue weighted by Crippen LogP contribution is 2.24. The van der Waals surface area contributed by atoms with Gasteiger partial charge in [0.15, 0.2) is 0 Å². The van der Waals surface area contributed by atoms with Crippen LogP contribution >= 0.6 is 0 Å². The number of piperazine rings is 1. The van der Waals surface area contributed by atoms with Gasteiger partial charge in [-0.05, 0) is 30.7 Å². The number of benzene rings is 1. The van der Waals surface area contributed by atoms with Crippen molar-refractivity contribution in [3.63, 3.8) is 0 Å². The Morgan fingerprint density at radius 3 is 2.29 bits per heavy atom. The summed E-state index contributed by atoms with van der Waals surface area (Å²) in [5.41, 5.74) is 1.82. The first-order valence-electron chi connectivity index (χ1n) is 6.31. The van der Waals surface area contributed by atoms with E-state index in [-0.39, 0.29) is 5.82 Å². The van der Waals surface area contributed by atoms with Crippen LogP contribution in [0.15, 0.2) is 18.2 Å². The van der Waals surface area contributed by atoms with Crippen LogP contribution in [-0.2, 0) is 0 Å². The van der Waals surface area contributed by atoms with Crippen molar-refractivity contribution in [1.82, 2.24) is 4.90 Å². The quantitative estimate of drug-likeness (QED) is 0.779. The number of halogens is 1. The molecule has 0 unspecified atom stereocenters. The van der Waals surface area contributed by atoms with Gasteiger partial charge in [-0.25, -0.2) is 4.39 Å². The van der Waals surface area contributed by atoms with Gasteiger partial charge in [-0.15, -0.1) is 0 Å². The van der Waals surface area contributed by atoms with Gasteiger partial charge in [-0.2, -0.15) is 0 Å². The fourth-order valence-corrected chi connectivity index (χ4v) is 2.19. The molecule has 2 rings (SSSR count). The second-order valence-corrected chi connectivity index (χ2v) is 5.16. The maximum Gasteiger partial charge on any atom is 0.146 e. The second-order valence-electron chi connectivity index (χ2n) is 5.16. The molecule has 0 aromatic heterocycles. The Morgan fingerprint density at radius 2 is 1.76 bits per heavy atom. The predicted molar refractivity (Wildman–Crippen MR) is 70.2 cm³/mol. The molecule has 1 aromatic carbocycles. The second kappa shape index (κ2) is 5.05. The van der Waals surface area contributed by atoms with Gasteiger partial charge in [0, 0.05) is 26.2 Å². The molecule has 0 N–H and O–H groups in total. The van der Waals surface area contributed by atoms with E-state index in [2.05, 4.69) is 30.7 Å².